The summed E-state index contributed by atoms with van der Waals surface area (Å²) in [4.78, 5) is 0. The Bertz CT molecular complexity index is 1060. The first-order chi connectivity index (χ1) is 20.6. The molecule has 1 aliphatic rings. The van der Waals surface area contributed by atoms with Gasteiger partial charge in [-0.2, -0.15) is 0 Å². The van der Waals surface area contributed by atoms with Crippen molar-refractivity contribution in [3.8, 4) is 5.75 Å². The van der Waals surface area contributed by atoms with Gasteiger partial charge in [0, 0.05) is 32.7 Å². The van der Waals surface area contributed by atoms with Crippen molar-refractivity contribution < 1.29 is 43.1 Å². The van der Waals surface area contributed by atoms with E-state index in [4.69, 9.17) is 32.8 Å². The lowest BCUT2D eigenvalue weighted by atomic mass is 9.60. The van der Waals surface area contributed by atoms with Crippen LogP contribution in [0.5, 0.6) is 5.75 Å². The number of benzene rings is 1. The predicted octanol–water partition coefficient (Wildman–Crippen LogP) is 6.00. The molecular formula is C34H58O9Si. The zero-order valence-electron chi connectivity index (χ0n) is 28.9. The number of hydrogen-bond acceptors (Lipinski definition) is 9. The van der Waals surface area contributed by atoms with Gasteiger partial charge in [0.1, 0.15) is 24.9 Å². The molecule has 0 aliphatic heterocycles. The molecule has 0 amide bonds. The second kappa shape index (κ2) is 16.8. The van der Waals surface area contributed by atoms with E-state index in [2.05, 4.69) is 33.9 Å². The molecule has 0 heterocycles. The van der Waals surface area contributed by atoms with Gasteiger partial charge in [-0.1, -0.05) is 58.9 Å². The Morgan fingerprint density at radius 1 is 1.02 bits per heavy atom. The quantitative estimate of drug-likeness (QED) is 0.114. The van der Waals surface area contributed by atoms with Gasteiger partial charge >= 0.3 is 0 Å². The normalized spacial score (nSPS) is 22.4. The van der Waals surface area contributed by atoms with Crippen molar-refractivity contribution in [2.24, 2.45) is 5.41 Å². The zero-order chi connectivity index (χ0) is 33.2. The van der Waals surface area contributed by atoms with Crippen molar-refractivity contribution in [1.82, 2.24) is 0 Å². The fraction of sp³-hybridized carbons (Fsp3) is 0.706. The molecule has 0 saturated heterocycles. The van der Waals surface area contributed by atoms with E-state index in [0.717, 1.165) is 22.5 Å². The van der Waals surface area contributed by atoms with E-state index >= 15 is 0 Å². The summed E-state index contributed by atoms with van der Waals surface area (Å²) in [5, 5.41) is 22.5. The molecule has 44 heavy (non-hydrogen) atoms. The smallest absolute Gasteiger partial charge is 0.191 e. The average molecular weight is 639 g/mol. The molecule has 1 aromatic carbocycles. The Balaban J connectivity index is 2.38. The van der Waals surface area contributed by atoms with Gasteiger partial charge in [-0.05, 0) is 60.3 Å². The van der Waals surface area contributed by atoms with Crippen molar-refractivity contribution in [2.45, 2.75) is 103 Å². The van der Waals surface area contributed by atoms with E-state index in [1.165, 1.54) is 0 Å². The van der Waals surface area contributed by atoms with Crippen LogP contribution in [-0.4, -0.2) is 90.6 Å². The molecule has 0 saturated carbocycles. The highest BCUT2D eigenvalue weighted by Gasteiger charge is 2.55. The van der Waals surface area contributed by atoms with Crippen molar-refractivity contribution in [3.63, 3.8) is 0 Å². The Morgan fingerprint density at radius 3 is 2.20 bits per heavy atom. The average Bonchev–Trinajstić information content (AvgIpc) is 2.97. The summed E-state index contributed by atoms with van der Waals surface area (Å²) >= 11 is 0. The third kappa shape index (κ3) is 9.70. The lowest BCUT2D eigenvalue weighted by Crippen LogP contribution is -2.58. The van der Waals surface area contributed by atoms with Gasteiger partial charge in [-0.15, -0.1) is 0 Å². The SMILES string of the molecule is COCO[C@H]1C[C@](CO)(OCOC)C(C)(C)C(C(O)/C=C/[C@H](CCO[Si](C)(C)C(C)(C)C)OCc2ccc(OC)cc2)=C1C. The van der Waals surface area contributed by atoms with Gasteiger partial charge in [0.2, 0.25) is 0 Å². The molecule has 0 radical (unpaired) electrons. The Hall–Kier alpha value is -1.60. The highest BCUT2D eigenvalue weighted by atomic mass is 28.4. The maximum absolute atomic E-state index is 11.7. The van der Waals surface area contributed by atoms with Gasteiger partial charge in [-0.3, -0.25) is 0 Å². The predicted molar refractivity (Wildman–Crippen MR) is 175 cm³/mol. The number of hydrogen-bond donors (Lipinski definition) is 2. The zero-order valence-corrected chi connectivity index (χ0v) is 29.9. The van der Waals surface area contributed by atoms with Gasteiger partial charge < -0.3 is 43.1 Å². The molecule has 2 N–H and O–H groups in total. The third-order valence-electron chi connectivity index (χ3n) is 9.43. The van der Waals surface area contributed by atoms with Crippen molar-refractivity contribution >= 4 is 8.32 Å². The molecule has 9 nitrogen and oxygen atoms in total. The molecule has 0 spiro atoms. The fourth-order valence-electron chi connectivity index (χ4n) is 5.41. The van der Waals surface area contributed by atoms with E-state index in [-0.39, 0.29) is 31.3 Å². The Kier molecular flexibility index (Phi) is 14.7. The van der Waals surface area contributed by atoms with Crippen LogP contribution in [0.3, 0.4) is 0 Å². The number of methoxy groups -OCH3 is 3. The van der Waals surface area contributed by atoms with Crippen molar-refractivity contribution in [1.29, 1.82) is 0 Å². The molecule has 0 bridgehead atoms. The minimum Gasteiger partial charge on any atom is -0.497 e. The van der Waals surface area contributed by atoms with Crippen LogP contribution >= 0.6 is 0 Å². The molecule has 1 unspecified atom stereocenters. The summed E-state index contributed by atoms with van der Waals surface area (Å²) in [6, 6.07) is 7.78. The maximum atomic E-state index is 11.7. The summed E-state index contributed by atoms with van der Waals surface area (Å²) in [5.74, 6) is 0.788. The monoisotopic (exact) mass is 638 g/mol. The minimum atomic E-state index is -1.94. The van der Waals surface area contributed by atoms with Crippen LogP contribution in [0, 0.1) is 5.41 Å². The number of aliphatic hydroxyl groups is 2. The number of aliphatic hydroxyl groups excluding tert-OH is 2. The van der Waals surface area contributed by atoms with Crippen LogP contribution in [0.4, 0.5) is 0 Å². The molecule has 0 fully saturated rings. The van der Waals surface area contributed by atoms with Crippen LogP contribution in [0.15, 0.2) is 47.6 Å². The van der Waals surface area contributed by atoms with Gasteiger partial charge in [0.25, 0.3) is 0 Å². The van der Waals surface area contributed by atoms with E-state index in [0.29, 0.717) is 26.1 Å². The first-order valence-electron chi connectivity index (χ1n) is 15.4. The van der Waals surface area contributed by atoms with Gasteiger partial charge in [0.15, 0.2) is 8.32 Å². The summed E-state index contributed by atoms with van der Waals surface area (Å²) in [7, 11) is 2.81. The second-order valence-corrected chi connectivity index (χ2v) is 18.4. The maximum Gasteiger partial charge on any atom is 0.191 e. The molecule has 1 aliphatic carbocycles. The lowest BCUT2D eigenvalue weighted by molar-refractivity contribution is -0.215. The third-order valence-corrected chi connectivity index (χ3v) is 14.0. The number of rotatable bonds is 18. The van der Waals surface area contributed by atoms with Gasteiger partial charge in [-0.25, -0.2) is 0 Å². The van der Waals surface area contributed by atoms with Crippen LogP contribution in [-0.2, 0) is 34.7 Å². The molecule has 1 aromatic rings. The molecular weight excluding hydrogens is 580 g/mol. The number of ether oxygens (including phenoxy) is 6. The van der Waals surface area contributed by atoms with Crippen molar-refractivity contribution in [2.75, 3.05) is 48.1 Å². The highest BCUT2D eigenvalue weighted by Crippen LogP contribution is 2.51. The summed E-state index contributed by atoms with van der Waals surface area (Å²) < 4.78 is 40.7. The van der Waals surface area contributed by atoms with Crippen LogP contribution < -0.4 is 4.74 Å². The van der Waals surface area contributed by atoms with E-state index in [9.17, 15) is 10.2 Å². The van der Waals surface area contributed by atoms with Crippen LogP contribution in [0.2, 0.25) is 18.1 Å². The molecule has 10 heteroatoms. The highest BCUT2D eigenvalue weighted by molar-refractivity contribution is 6.74. The van der Waals surface area contributed by atoms with Crippen molar-refractivity contribution in [3.05, 3.63) is 53.1 Å². The van der Waals surface area contributed by atoms with E-state index in [1.807, 2.05) is 51.1 Å². The lowest BCUT2D eigenvalue weighted by Gasteiger charge is -2.53. The van der Waals surface area contributed by atoms with Crippen LogP contribution in [0.25, 0.3) is 0 Å². The standard InChI is InChI=1S/C34H58O9Si/c1-25-30(41-23-37-7)20-34(22-35,42-24-38-8)33(5,6)31(25)29(36)17-16-28(18-19-43-44(10,11)32(2,3)4)40-21-26-12-14-27(39-9)15-13-26/h12-17,28-30,35-36H,18-24H2,1-11H3/b17-16+/t28-,29?,30+,34-/m1/s1. The van der Waals surface area contributed by atoms with E-state index in [1.54, 1.807) is 27.4 Å². The largest absolute Gasteiger partial charge is 0.497 e. The first-order valence-corrected chi connectivity index (χ1v) is 18.3. The summed E-state index contributed by atoms with van der Waals surface area (Å²) in [6.07, 6.45) is 2.97. The fourth-order valence-corrected chi connectivity index (χ4v) is 6.47. The molecule has 2 rings (SSSR count). The summed E-state index contributed by atoms with van der Waals surface area (Å²) in [5.41, 5.74) is 0.810. The molecule has 0 aromatic heterocycles. The van der Waals surface area contributed by atoms with Crippen LogP contribution in [0.1, 0.15) is 59.9 Å². The molecule has 252 valence electrons. The topological polar surface area (TPSA) is 105 Å². The Labute approximate surface area is 266 Å². The minimum absolute atomic E-state index is 0.00521. The van der Waals surface area contributed by atoms with E-state index < -0.39 is 31.5 Å². The first kappa shape index (κ1) is 38.6. The summed E-state index contributed by atoms with van der Waals surface area (Å²) in [6.45, 7) is 17.8. The Morgan fingerprint density at radius 2 is 1.66 bits per heavy atom. The molecule has 4 atom stereocenters. The second-order valence-electron chi connectivity index (χ2n) is 13.6. The van der Waals surface area contributed by atoms with Gasteiger partial charge in [0.05, 0.1) is 38.6 Å².